The Bertz CT molecular complexity index is 721. The van der Waals surface area contributed by atoms with Gasteiger partial charge in [-0.05, 0) is 12.1 Å². The van der Waals surface area contributed by atoms with Crippen molar-refractivity contribution in [3.05, 3.63) is 60.7 Å². The Morgan fingerprint density at radius 1 is 0.800 bits per heavy atom. The van der Waals surface area contributed by atoms with Crippen molar-refractivity contribution in [3.8, 4) is 0 Å². The molecule has 0 spiro atoms. The molecule has 162 valence electrons. The van der Waals surface area contributed by atoms with Crippen LogP contribution in [0.2, 0.25) is 0 Å². The monoisotopic (exact) mass is 422 g/mol. The summed E-state index contributed by atoms with van der Waals surface area (Å²) < 4.78 is 19.6. The Morgan fingerprint density at radius 3 is 1.47 bits per heavy atom. The first-order chi connectivity index (χ1) is 14.4. The van der Waals surface area contributed by atoms with Crippen LogP contribution in [0.4, 0.5) is 0 Å². The molecule has 0 bridgehead atoms. The Morgan fingerprint density at radius 2 is 1.17 bits per heavy atom. The molecule has 10 nitrogen and oxygen atoms in total. The first-order valence-electron chi connectivity index (χ1n) is 8.67. The van der Waals surface area contributed by atoms with Crippen molar-refractivity contribution >= 4 is 23.9 Å². The highest BCUT2D eigenvalue weighted by Gasteiger charge is 2.22. The van der Waals surface area contributed by atoms with Crippen molar-refractivity contribution in [1.29, 1.82) is 0 Å². The summed E-state index contributed by atoms with van der Waals surface area (Å²) in [6.45, 7) is 4.33. The molecule has 1 aromatic rings. The van der Waals surface area contributed by atoms with Gasteiger partial charge in [-0.3, -0.25) is 0 Å². The third-order valence-corrected chi connectivity index (χ3v) is 3.47. The molecule has 10 heteroatoms. The van der Waals surface area contributed by atoms with Gasteiger partial charge in [-0.1, -0.05) is 25.3 Å². The molecule has 0 fully saturated rings. The largest absolute Gasteiger partial charge is 0.458 e. The second-order valence-corrected chi connectivity index (χ2v) is 5.63. The van der Waals surface area contributed by atoms with Gasteiger partial charge in [-0.25, -0.2) is 19.2 Å². The Labute approximate surface area is 172 Å². The Kier molecular flexibility index (Phi) is 10.5. The van der Waals surface area contributed by atoms with Crippen LogP contribution < -0.4 is 0 Å². The van der Waals surface area contributed by atoms with Crippen LogP contribution in [-0.2, 0) is 28.5 Å². The average molecular weight is 422 g/mol. The smallest absolute Gasteiger partial charge is 0.339 e. The third-order valence-electron chi connectivity index (χ3n) is 3.47. The maximum absolute atomic E-state index is 12.3. The lowest BCUT2D eigenvalue weighted by Gasteiger charge is -2.16. The topological polar surface area (TPSA) is 146 Å². The zero-order valence-electron chi connectivity index (χ0n) is 16.0. The van der Waals surface area contributed by atoms with E-state index in [2.05, 4.69) is 13.2 Å². The highest BCUT2D eigenvalue weighted by Crippen LogP contribution is 2.13. The highest BCUT2D eigenvalue weighted by atomic mass is 16.6. The summed E-state index contributed by atoms with van der Waals surface area (Å²) >= 11 is 0. The summed E-state index contributed by atoms with van der Waals surface area (Å²) in [6, 6.07) is 5.59. The summed E-state index contributed by atoms with van der Waals surface area (Å²) in [7, 11) is 0. The van der Waals surface area contributed by atoms with Crippen LogP contribution >= 0.6 is 0 Å². The SMILES string of the molecule is C=CC(=O)OC(CO)COC(=O)c1ccccc1C(=O)OCC(CO)OC(=O)C=C. The van der Waals surface area contributed by atoms with Crippen molar-refractivity contribution in [1.82, 2.24) is 0 Å². The van der Waals surface area contributed by atoms with Gasteiger partial charge in [0.25, 0.3) is 0 Å². The first kappa shape index (κ1) is 24.5. The minimum atomic E-state index is -1.11. The van der Waals surface area contributed by atoms with Crippen molar-refractivity contribution in [2.45, 2.75) is 12.2 Å². The fourth-order valence-corrected chi connectivity index (χ4v) is 2.00. The van der Waals surface area contributed by atoms with Crippen LogP contribution in [-0.4, -0.2) is 72.7 Å². The zero-order chi connectivity index (χ0) is 22.5. The standard InChI is InChI=1S/C20H22O10/c1-3-17(23)29-13(9-21)11-27-19(25)15-7-5-6-8-16(15)20(26)28-12-14(10-22)30-18(24)4-2/h3-8,13-14,21-22H,1-2,9-12H2. The van der Waals surface area contributed by atoms with Crippen molar-refractivity contribution in [2.24, 2.45) is 0 Å². The van der Waals surface area contributed by atoms with Gasteiger partial charge in [-0.15, -0.1) is 0 Å². The lowest BCUT2D eigenvalue weighted by atomic mass is 10.1. The second kappa shape index (κ2) is 12.9. The summed E-state index contributed by atoms with van der Waals surface area (Å²) in [6.07, 6.45) is -0.435. The molecule has 30 heavy (non-hydrogen) atoms. The van der Waals surface area contributed by atoms with Crippen LogP contribution in [0.25, 0.3) is 0 Å². The fraction of sp³-hybridized carbons (Fsp3) is 0.300. The molecule has 2 N–H and O–H groups in total. The molecule has 0 radical (unpaired) electrons. The molecule has 0 heterocycles. The summed E-state index contributed by atoms with van der Waals surface area (Å²) in [5, 5.41) is 18.4. The van der Waals surface area contributed by atoms with Crippen LogP contribution in [0.5, 0.6) is 0 Å². The molecule has 0 aromatic heterocycles. The molecule has 1 rings (SSSR count). The average Bonchev–Trinajstić information content (AvgIpc) is 2.78. The molecule has 0 aliphatic heterocycles. The maximum atomic E-state index is 12.3. The molecule has 2 unspecified atom stereocenters. The molecular formula is C20H22O10. The van der Waals surface area contributed by atoms with E-state index in [-0.39, 0.29) is 11.1 Å². The number of esters is 4. The Balaban J connectivity index is 2.78. The van der Waals surface area contributed by atoms with Gasteiger partial charge in [0.1, 0.15) is 13.2 Å². The van der Waals surface area contributed by atoms with Crippen LogP contribution in [0.15, 0.2) is 49.6 Å². The molecule has 1 aromatic carbocycles. The quantitative estimate of drug-likeness (QED) is 0.272. The number of rotatable bonds is 12. The van der Waals surface area contributed by atoms with Gasteiger partial charge in [0.2, 0.25) is 0 Å². The number of benzene rings is 1. The maximum Gasteiger partial charge on any atom is 0.339 e. The van der Waals surface area contributed by atoms with Crippen molar-refractivity contribution in [2.75, 3.05) is 26.4 Å². The molecule has 0 aliphatic carbocycles. The normalized spacial score (nSPS) is 12.1. The van der Waals surface area contributed by atoms with E-state index < -0.39 is 62.5 Å². The summed E-state index contributed by atoms with van der Waals surface area (Å²) in [5.74, 6) is -3.45. The third kappa shape index (κ3) is 7.86. The van der Waals surface area contributed by atoms with E-state index in [9.17, 15) is 29.4 Å². The summed E-state index contributed by atoms with van der Waals surface area (Å²) in [4.78, 5) is 47.0. The predicted octanol–water partition coefficient (Wildman–Crippen LogP) is 0.180. The predicted molar refractivity (Wildman–Crippen MR) is 101 cm³/mol. The first-order valence-corrected chi connectivity index (χ1v) is 8.67. The van der Waals surface area contributed by atoms with Gasteiger partial charge in [0, 0.05) is 12.2 Å². The molecule has 0 amide bonds. The number of hydrogen-bond donors (Lipinski definition) is 2. The lowest BCUT2D eigenvalue weighted by molar-refractivity contribution is -0.148. The summed E-state index contributed by atoms with van der Waals surface area (Å²) in [5.41, 5.74) is -0.282. The minimum absolute atomic E-state index is 0.141. The number of hydrogen-bond acceptors (Lipinski definition) is 10. The molecule has 0 saturated carbocycles. The van der Waals surface area contributed by atoms with Gasteiger partial charge in [0.05, 0.1) is 24.3 Å². The van der Waals surface area contributed by atoms with Gasteiger partial charge < -0.3 is 29.2 Å². The number of ether oxygens (including phenoxy) is 4. The van der Waals surface area contributed by atoms with E-state index >= 15 is 0 Å². The second-order valence-electron chi connectivity index (χ2n) is 5.63. The van der Waals surface area contributed by atoms with E-state index in [0.29, 0.717) is 0 Å². The number of aliphatic hydroxyl groups is 2. The highest BCUT2D eigenvalue weighted by molar-refractivity contribution is 6.03. The number of aliphatic hydroxyl groups excluding tert-OH is 2. The molecule has 2 atom stereocenters. The van der Waals surface area contributed by atoms with E-state index in [1.165, 1.54) is 24.3 Å². The fourth-order valence-electron chi connectivity index (χ4n) is 2.00. The molecular weight excluding hydrogens is 400 g/mol. The van der Waals surface area contributed by atoms with Crippen LogP contribution in [0.1, 0.15) is 20.7 Å². The number of carbonyl (C=O) groups excluding carboxylic acids is 4. The van der Waals surface area contributed by atoms with Crippen molar-refractivity contribution < 1.29 is 48.3 Å². The van der Waals surface area contributed by atoms with E-state index in [0.717, 1.165) is 12.2 Å². The zero-order valence-corrected chi connectivity index (χ0v) is 16.0. The molecule has 0 saturated heterocycles. The lowest BCUT2D eigenvalue weighted by Crippen LogP contribution is -2.29. The van der Waals surface area contributed by atoms with Crippen molar-refractivity contribution in [3.63, 3.8) is 0 Å². The minimum Gasteiger partial charge on any atom is -0.458 e. The Hall–Kier alpha value is -3.50. The van der Waals surface area contributed by atoms with Gasteiger partial charge in [0.15, 0.2) is 12.2 Å². The van der Waals surface area contributed by atoms with Gasteiger partial charge in [-0.2, -0.15) is 0 Å². The van der Waals surface area contributed by atoms with E-state index in [1.807, 2.05) is 0 Å². The van der Waals surface area contributed by atoms with Gasteiger partial charge >= 0.3 is 23.9 Å². The molecule has 0 aliphatic rings. The number of carbonyl (C=O) groups is 4. The van der Waals surface area contributed by atoms with Crippen LogP contribution in [0.3, 0.4) is 0 Å². The van der Waals surface area contributed by atoms with E-state index in [1.54, 1.807) is 0 Å². The van der Waals surface area contributed by atoms with E-state index in [4.69, 9.17) is 18.9 Å². The van der Waals surface area contributed by atoms with Crippen LogP contribution in [0, 0.1) is 0 Å².